The molecule has 9 nitrogen and oxygen atoms in total. The van der Waals surface area contributed by atoms with Crippen LogP contribution in [-0.2, 0) is 38.1 Å². The molecular formula is C41H62N2O7. The van der Waals surface area contributed by atoms with Gasteiger partial charge >= 0.3 is 17.9 Å². The Balaban J connectivity index is 1.33. The number of ether oxygens (including phenoxy) is 1. The predicted molar refractivity (Wildman–Crippen MR) is 192 cm³/mol. The molecular weight excluding hydrogens is 632 g/mol. The lowest BCUT2D eigenvalue weighted by atomic mass is 9.33. The maximum Gasteiger partial charge on any atom is 0.325 e. The zero-order chi connectivity index (χ0) is 37.0. The maximum absolute atomic E-state index is 13.2. The van der Waals surface area contributed by atoms with Crippen LogP contribution in [0.25, 0.3) is 0 Å². The fraction of sp³-hybridized carbons (Fsp3) is 0.805. The molecule has 0 saturated heterocycles. The first kappa shape index (κ1) is 36.9. The fourth-order valence-corrected chi connectivity index (χ4v) is 13.2. The zero-order valence-electron chi connectivity index (χ0n) is 32.3. The van der Waals surface area contributed by atoms with Gasteiger partial charge in [-0.3, -0.25) is 23.9 Å². The zero-order valence-corrected chi connectivity index (χ0v) is 32.3. The van der Waals surface area contributed by atoms with Gasteiger partial charge in [-0.1, -0.05) is 59.6 Å². The summed E-state index contributed by atoms with van der Waals surface area (Å²) in [6.07, 6.45) is 9.89. The van der Waals surface area contributed by atoms with Gasteiger partial charge in [-0.25, -0.2) is 4.68 Å². The number of carboxylic acids is 2. The second kappa shape index (κ2) is 11.8. The van der Waals surface area contributed by atoms with E-state index in [2.05, 4.69) is 48.5 Å². The summed E-state index contributed by atoms with van der Waals surface area (Å²) < 4.78 is 9.40. The van der Waals surface area contributed by atoms with E-state index in [9.17, 15) is 29.4 Å². The smallest absolute Gasteiger partial charge is 0.325 e. The second-order valence-corrected chi connectivity index (χ2v) is 19.3. The highest BCUT2D eigenvalue weighted by Gasteiger charge is 2.70. The van der Waals surface area contributed by atoms with Crippen LogP contribution < -0.4 is 5.56 Å². The maximum atomic E-state index is 13.2. The number of nitrogens with zero attached hydrogens (tertiary/aromatic N) is 2. The van der Waals surface area contributed by atoms with E-state index in [1.165, 1.54) is 4.68 Å². The number of rotatable bonds is 8. The van der Waals surface area contributed by atoms with Crippen molar-refractivity contribution in [1.82, 2.24) is 9.36 Å². The Morgan fingerprint density at radius 1 is 0.920 bits per heavy atom. The van der Waals surface area contributed by atoms with Crippen molar-refractivity contribution in [3.05, 3.63) is 33.3 Å². The number of carboxylic acid groups (broad SMARTS) is 2. The Morgan fingerprint density at radius 2 is 1.60 bits per heavy atom. The van der Waals surface area contributed by atoms with Gasteiger partial charge in [-0.05, 0) is 118 Å². The van der Waals surface area contributed by atoms with Gasteiger partial charge < -0.3 is 14.9 Å². The van der Waals surface area contributed by atoms with Gasteiger partial charge in [0.1, 0.15) is 12.6 Å². The Kier molecular flexibility index (Phi) is 8.75. The first-order valence-corrected chi connectivity index (χ1v) is 19.2. The van der Waals surface area contributed by atoms with E-state index in [0.717, 1.165) is 69.9 Å². The van der Waals surface area contributed by atoms with Gasteiger partial charge in [0, 0.05) is 23.9 Å². The molecule has 1 aromatic rings. The molecule has 8 atom stereocenters. The summed E-state index contributed by atoms with van der Waals surface area (Å²) in [6, 6.07) is 1.74. The average molecular weight is 695 g/mol. The summed E-state index contributed by atoms with van der Waals surface area (Å²) in [6.45, 7) is 19.7. The number of carbonyl (C=O) groups excluding carboxylic acids is 1. The quantitative estimate of drug-likeness (QED) is 0.211. The lowest BCUT2D eigenvalue weighted by Gasteiger charge is -2.72. The minimum atomic E-state index is -1.16. The molecule has 6 rings (SSSR count). The van der Waals surface area contributed by atoms with Crippen LogP contribution in [-0.4, -0.2) is 43.6 Å². The van der Waals surface area contributed by atoms with E-state index < -0.39 is 23.3 Å². The molecule has 0 bridgehead atoms. The first-order valence-electron chi connectivity index (χ1n) is 19.2. The van der Waals surface area contributed by atoms with Crippen LogP contribution in [0.4, 0.5) is 0 Å². The highest BCUT2D eigenvalue weighted by molar-refractivity contribution is 5.81. The molecule has 5 aliphatic carbocycles. The van der Waals surface area contributed by atoms with E-state index in [-0.39, 0.29) is 51.7 Å². The minimum Gasteiger partial charge on any atom is -0.481 e. The average Bonchev–Trinajstić information content (AvgIpc) is 3.53. The predicted octanol–water partition coefficient (Wildman–Crippen LogP) is 7.74. The highest BCUT2D eigenvalue weighted by atomic mass is 16.5. The molecule has 0 aliphatic heterocycles. The van der Waals surface area contributed by atoms with Crippen molar-refractivity contribution in [3.8, 4) is 0 Å². The van der Waals surface area contributed by atoms with E-state index >= 15 is 0 Å². The molecule has 278 valence electrons. The van der Waals surface area contributed by atoms with Crippen LogP contribution in [0.15, 0.2) is 22.0 Å². The molecule has 1 aromatic heterocycles. The fourth-order valence-electron chi connectivity index (χ4n) is 13.2. The molecule has 0 aromatic carbocycles. The Bertz CT molecular complexity index is 1680. The van der Waals surface area contributed by atoms with Gasteiger partial charge in [-0.2, -0.15) is 0 Å². The molecule has 4 saturated carbocycles. The van der Waals surface area contributed by atoms with Crippen molar-refractivity contribution in [3.63, 3.8) is 0 Å². The Hall–Kier alpha value is -2.84. The number of aliphatic carboxylic acids is 2. The molecule has 5 aliphatic rings. The molecule has 1 heterocycles. The molecule has 0 spiro atoms. The van der Waals surface area contributed by atoms with Crippen LogP contribution in [0.2, 0.25) is 0 Å². The van der Waals surface area contributed by atoms with Crippen molar-refractivity contribution in [2.75, 3.05) is 0 Å². The van der Waals surface area contributed by atoms with Gasteiger partial charge in [0.2, 0.25) is 0 Å². The number of aromatic nitrogens is 2. The minimum absolute atomic E-state index is 0.0750. The molecule has 4 fully saturated rings. The molecule has 0 radical (unpaired) electrons. The number of carbonyl (C=O) groups is 3. The molecule has 0 unspecified atom stereocenters. The summed E-state index contributed by atoms with van der Waals surface area (Å²) in [5, 5.41) is 19.2. The third-order valence-corrected chi connectivity index (χ3v) is 16.0. The molecule has 9 heteroatoms. The first-order chi connectivity index (χ1) is 23.1. The van der Waals surface area contributed by atoms with Crippen LogP contribution in [0.1, 0.15) is 139 Å². The highest BCUT2D eigenvalue weighted by Crippen LogP contribution is 2.77. The summed E-state index contributed by atoms with van der Waals surface area (Å²) in [5.74, 6) is -0.698. The van der Waals surface area contributed by atoms with E-state index in [1.807, 2.05) is 11.7 Å². The van der Waals surface area contributed by atoms with Crippen molar-refractivity contribution in [2.24, 2.45) is 57.8 Å². The topological polar surface area (TPSA) is 128 Å². The third-order valence-electron chi connectivity index (χ3n) is 16.0. The largest absolute Gasteiger partial charge is 0.481 e. The van der Waals surface area contributed by atoms with Crippen molar-refractivity contribution in [2.45, 2.75) is 151 Å². The number of hydrogen-bond acceptors (Lipinski definition) is 5. The molecule has 50 heavy (non-hydrogen) atoms. The Labute approximate surface area is 298 Å². The lowest BCUT2D eigenvalue weighted by molar-refractivity contribution is -0.232. The number of hydrogen-bond donors (Lipinski definition) is 2. The van der Waals surface area contributed by atoms with E-state index in [0.29, 0.717) is 23.7 Å². The lowest BCUT2D eigenvalue weighted by Crippen LogP contribution is -2.66. The van der Waals surface area contributed by atoms with Gasteiger partial charge in [0.05, 0.1) is 17.5 Å². The normalized spacial score (nSPS) is 37.8. The monoisotopic (exact) mass is 694 g/mol. The Morgan fingerprint density at radius 3 is 2.22 bits per heavy atom. The van der Waals surface area contributed by atoms with E-state index in [4.69, 9.17) is 4.74 Å². The third kappa shape index (κ3) is 5.12. The standard InChI is InChI=1S/C41H62N2O7/c1-24(2)25-13-18-41(29-21-31(44)43(42(29)10)23-32(45)46)20-19-39(8)26(34(25)41)11-12-28-38(7)16-15-30(50-33(47)22-36(3,4)35(48)49)37(5,6)27(38)14-17-40(28,39)9/h21,24,26-28,30H,11-20,22-23H2,1-10H3,(H,45,46)(H,48,49)/t26-,27+,28-,30+,38+,39-,40-,41-/m1/s1. The number of fused-ring (bicyclic) bond motifs is 7. The van der Waals surface area contributed by atoms with E-state index in [1.54, 1.807) is 31.1 Å². The van der Waals surface area contributed by atoms with Gasteiger partial charge in [0.15, 0.2) is 0 Å². The number of allylic oxidation sites excluding steroid dienone is 2. The van der Waals surface area contributed by atoms with Crippen molar-refractivity contribution < 1.29 is 29.3 Å². The van der Waals surface area contributed by atoms with Gasteiger partial charge in [0.25, 0.3) is 5.56 Å². The SMILES string of the molecule is CC(C)C1=C2[C@H]3CC[C@@H]4[C@@]5(C)CC[C@H](OC(=O)CC(C)(C)C(=O)O)C(C)(C)[C@@H]5CC[C@@]4(C)[C@]3(C)CC[C@@]2(c2cc(=O)n(CC(=O)O)n2C)CC1. The van der Waals surface area contributed by atoms with Crippen LogP contribution in [0.3, 0.4) is 0 Å². The van der Waals surface area contributed by atoms with Crippen LogP contribution in [0, 0.1) is 50.7 Å². The summed E-state index contributed by atoms with van der Waals surface area (Å²) >= 11 is 0. The van der Waals surface area contributed by atoms with Crippen LogP contribution >= 0.6 is 0 Å². The number of esters is 1. The van der Waals surface area contributed by atoms with Crippen molar-refractivity contribution >= 4 is 17.9 Å². The van der Waals surface area contributed by atoms with Crippen molar-refractivity contribution in [1.29, 1.82) is 0 Å². The summed E-state index contributed by atoms with van der Waals surface area (Å²) in [5.41, 5.74) is 2.50. The second-order valence-electron chi connectivity index (χ2n) is 19.3. The molecule has 2 N–H and O–H groups in total. The summed E-state index contributed by atoms with van der Waals surface area (Å²) in [7, 11) is 1.87. The van der Waals surface area contributed by atoms with Crippen LogP contribution in [0.5, 0.6) is 0 Å². The summed E-state index contributed by atoms with van der Waals surface area (Å²) in [4.78, 5) is 49.7. The van der Waals surface area contributed by atoms with Gasteiger partial charge in [-0.15, -0.1) is 0 Å². The molecule has 0 amide bonds.